The first kappa shape index (κ1) is 20.1. The minimum atomic E-state index is -0.275. The zero-order chi connectivity index (χ0) is 22.1. The highest BCUT2D eigenvalue weighted by atomic mass is 32.1. The average molecular weight is 436 g/mol. The molecule has 0 bridgehead atoms. The summed E-state index contributed by atoms with van der Waals surface area (Å²) in [4.78, 5) is 23.5. The number of benzene rings is 3. The number of carbonyl (C=O) groups is 1. The van der Waals surface area contributed by atoms with Gasteiger partial charge in [0.15, 0.2) is 4.80 Å². The SMILES string of the molecule is C=CCn1c(=NC(=O)c2cc(-c3ccccc3)nc3ccccc23)sc2cccc(C)c21. The van der Waals surface area contributed by atoms with E-state index in [0.29, 0.717) is 16.9 Å². The maximum atomic E-state index is 13.5. The van der Waals surface area contributed by atoms with Crippen molar-refractivity contribution in [2.24, 2.45) is 4.99 Å². The van der Waals surface area contributed by atoms with Crippen LogP contribution in [0.3, 0.4) is 0 Å². The standard InChI is InChI=1S/C27H21N3OS/c1-3-16-30-25-18(2)10-9-15-24(25)32-27(30)29-26(31)21-17-23(19-11-5-4-6-12-19)28-22-14-8-7-13-20(21)22/h3-15,17H,1,16H2,2H3. The van der Waals surface area contributed by atoms with Gasteiger partial charge < -0.3 is 4.57 Å². The number of rotatable bonds is 4. The van der Waals surface area contributed by atoms with Gasteiger partial charge in [0.1, 0.15) is 0 Å². The molecule has 0 aliphatic carbocycles. The average Bonchev–Trinajstić information content (AvgIpc) is 3.17. The Morgan fingerprint density at radius 3 is 2.66 bits per heavy atom. The number of aryl methyl sites for hydroxylation is 1. The summed E-state index contributed by atoms with van der Waals surface area (Å²) in [6.45, 7) is 6.54. The van der Waals surface area contributed by atoms with Crippen LogP contribution in [-0.2, 0) is 6.54 Å². The molecule has 2 aromatic heterocycles. The maximum Gasteiger partial charge on any atom is 0.280 e. The first-order valence-corrected chi connectivity index (χ1v) is 11.2. The van der Waals surface area contributed by atoms with Crippen molar-refractivity contribution in [1.82, 2.24) is 9.55 Å². The van der Waals surface area contributed by atoms with E-state index in [-0.39, 0.29) is 5.91 Å². The van der Waals surface area contributed by atoms with E-state index in [9.17, 15) is 4.79 Å². The highest BCUT2D eigenvalue weighted by Crippen LogP contribution is 2.26. The Kier molecular flexibility index (Phi) is 5.25. The minimum Gasteiger partial charge on any atom is -0.312 e. The van der Waals surface area contributed by atoms with Gasteiger partial charge in [0.25, 0.3) is 5.91 Å². The largest absolute Gasteiger partial charge is 0.312 e. The van der Waals surface area contributed by atoms with Crippen LogP contribution < -0.4 is 4.80 Å². The molecule has 156 valence electrons. The van der Waals surface area contributed by atoms with Crippen LogP contribution in [0.25, 0.3) is 32.4 Å². The minimum absolute atomic E-state index is 0.275. The number of thiazole rings is 1. The van der Waals surface area contributed by atoms with Crippen LogP contribution in [0.4, 0.5) is 0 Å². The lowest BCUT2D eigenvalue weighted by atomic mass is 10.0. The third-order valence-electron chi connectivity index (χ3n) is 5.43. The lowest BCUT2D eigenvalue weighted by molar-refractivity contribution is 0.0999. The van der Waals surface area contributed by atoms with Crippen LogP contribution in [-0.4, -0.2) is 15.5 Å². The number of para-hydroxylation sites is 2. The number of carbonyl (C=O) groups excluding carboxylic acids is 1. The molecule has 0 atom stereocenters. The first-order chi connectivity index (χ1) is 15.7. The van der Waals surface area contributed by atoms with Gasteiger partial charge in [-0.15, -0.1) is 6.58 Å². The summed E-state index contributed by atoms with van der Waals surface area (Å²) in [7, 11) is 0. The van der Waals surface area contributed by atoms with Gasteiger partial charge in [0.2, 0.25) is 0 Å². The van der Waals surface area contributed by atoms with Gasteiger partial charge in [0.05, 0.1) is 27.0 Å². The zero-order valence-electron chi connectivity index (χ0n) is 17.7. The molecule has 5 aromatic rings. The number of amides is 1. The van der Waals surface area contributed by atoms with Gasteiger partial charge >= 0.3 is 0 Å². The van der Waals surface area contributed by atoms with E-state index in [2.05, 4.69) is 35.2 Å². The van der Waals surface area contributed by atoms with Gasteiger partial charge in [0, 0.05) is 17.5 Å². The summed E-state index contributed by atoms with van der Waals surface area (Å²) in [5.74, 6) is -0.275. The molecule has 3 aromatic carbocycles. The Bertz CT molecular complexity index is 1540. The van der Waals surface area contributed by atoms with Crippen molar-refractivity contribution in [3.8, 4) is 11.3 Å². The van der Waals surface area contributed by atoms with Crippen molar-refractivity contribution in [2.45, 2.75) is 13.5 Å². The van der Waals surface area contributed by atoms with Gasteiger partial charge in [-0.25, -0.2) is 4.98 Å². The van der Waals surface area contributed by atoms with Crippen LogP contribution in [0.2, 0.25) is 0 Å². The van der Waals surface area contributed by atoms with Gasteiger partial charge in [-0.05, 0) is 30.7 Å². The molecule has 0 saturated carbocycles. The number of aromatic nitrogens is 2. The molecule has 2 heterocycles. The molecule has 0 unspecified atom stereocenters. The zero-order valence-corrected chi connectivity index (χ0v) is 18.5. The second-order valence-corrected chi connectivity index (χ2v) is 8.57. The van der Waals surface area contributed by atoms with E-state index >= 15 is 0 Å². The molecular formula is C27H21N3OS. The van der Waals surface area contributed by atoms with Crippen LogP contribution in [0.5, 0.6) is 0 Å². The van der Waals surface area contributed by atoms with E-state index in [0.717, 1.165) is 37.9 Å². The van der Waals surface area contributed by atoms with Crippen LogP contribution in [0.1, 0.15) is 15.9 Å². The van der Waals surface area contributed by atoms with Gasteiger partial charge in [-0.2, -0.15) is 4.99 Å². The monoisotopic (exact) mass is 435 g/mol. The molecule has 0 aliphatic heterocycles. The summed E-state index contributed by atoms with van der Waals surface area (Å²) < 4.78 is 3.16. The van der Waals surface area contributed by atoms with Gasteiger partial charge in [-0.3, -0.25) is 4.79 Å². The van der Waals surface area contributed by atoms with E-state index in [1.807, 2.05) is 72.8 Å². The number of hydrogen-bond donors (Lipinski definition) is 0. The highest BCUT2D eigenvalue weighted by molar-refractivity contribution is 7.16. The summed E-state index contributed by atoms with van der Waals surface area (Å²) in [5, 5.41) is 0.800. The van der Waals surface area contributed by atoms with E-state index in [1.165, 1.54) is 11.3 Å². The first-order valence-electron chi connectivity index (χ1n) is 10.4. The number of pyridine rings is 1. The second-order valence-electron chi connectivity index (χ2n) is 7.56. The normalized spacial score (nSPS) is 11.8. The summed E-state index contributed by atoms with van der Waals surface area (Å²) in [5.41, 5.74) is 5.29. The molecule has 32 heavy (non-hydrogen) atoms. The van der Waals surface area contributed by atoms with Gasteiger partial charge in [-0.1, -0.05) is 78.1 Å². The van der Waals surface area contributed by atoms with Crippen molar-refractivity contribution < 1.29 is 4.79 Å². The Morgan fingerprint density at radius 1 is 1.06 bits per heavy atom. The van der Waals surface area contributed by atoms with E-state index in [4.69, 9.17) is 4.98 Å². The summed E-state index contributed by atoms with van der Waals surface area (Å²) in [6.07, 6.45) is 1.83. The fraction of sp³-hybridized carbons (Fsp3) is 0.0741. The number of hydrogen-bond acceptors (Lipinski definition) is 3. The molecule has 0 spiro atoms. The molecule has 5 heteroatoms. The number of nitrogens with zero attached hydrogens (tertiary/aromatic N) is 3. The predicted octanol–water partition coefficient (Wildman–Crippen LogP) is 6.15. The lowest BCUT2D eigenvalue weighted by Gasteiger charge is -2.08. The Balaban J connectivity index is 1.73. The van der Waals surface area contributed by atoms with E-state index in [1.54, 1.807) is 0 Å². The van der Waals surface area contributed by atoms with Crippen LogP contribution in [0.15, 0.2) is 96.5 Å². The van der Waals surface area contributed by atoms with Crippen LogP contribution >= 0.6 is 11.3 Å². The quantitative estimate of drug-likeness (QED) is 0.318. The lowest BCUT2D eigenvalue weighted by Crippen LogP contribution is -2.17. The van der Waals surface area contributed by atoms with Crippen molar-refractivity contribution in [2.75, 3.05) is 0 Å². The highest BCUT2D eigenvalue weighted by Gasteiger charge is 2.15. The fourth-order valence-corrected chi connectivity index (χ4v) is 5.06. The van der Waals surface area contributed by atoms with Crippen molar-refractivity contribution in [3.05, 3.63) is 107 Å². The Labute approximate surface area is 189 Å². The molecule has 0 saturated heterocycles. The van der Waals surface area contributed by atoms with E-state index < -0.39 is 0 Å². The molecule has 0 radical (unpaired) electrons. The molecule has 5 rings (SSSR count). The molecule has 1 amide bonds. The van der Waals surface area contributed by atoms with Crippen molar-refractivity contribution in [1.29, 1.82) is 0 Å². The van der Waals surface area contributed by atoms with Crippen molar-refractivity contribution >= 4 is 38.4 Å². The number of fused-ring (bicyclic) bond motifs is 2. The third-order valence-corrected chi connectivity index (χ3v) is 6.47. The third kappa shape index (κ3) is 3.57. The second kappa shape index (κ2) is 8.36. The summed E-state index contributed by atoms with van der Waals surface area (Å²) >= 11 is 1.52. The number of allylic oxidation sites excluding steroid dienone is 1. The smallest absolute Gasteiger partial charge is 0.280 e. The Morgan fingerprint density at radius 2 is 1.84 bits per heavy atom. The fourth-order valence-electron chi connectivity index (χ4n) is 3.95. The van der Waals surface area contributed by atoms with Crippen LogP contribution in [0, 0.1) is 6.92 Å². The molecule has 4 nitrogen and oxygen atoms in total. The topological polar surface area (TPSA) is 47.2 Å². The Hall–Kier alpha value is -3.83. The van der Waals surface area contributed by atoms with Crippen molar-refractivity contribution in [3.63, 3.8) is 0 Å². The summed E-state index contributed by atoms with van der Waals surface area (Å²) in [6, 6.07) is 25.6. The maximum absolute atomic E-state index is 13.5. The molecule has 0 N–H and O–H groups in total. The molecular weight excluding hydrogens is 414 g/mol. The molecule has 0 aliphatic rings. The predicted molar refractivity (Wildman–Crippen MR) is 132 cm³/mol. The molecule has 0 fully saturated rings.